The molecule has 0 N–H and O–H groups in total. The maximum Gasteiger partial charge on any atom is 0.150 e. The Balaban J connectivity index is 2.36. The molecule has 0 aliphatic carbocycles. The summed E-state index contributed by atoms with van der Waals surface area (Å²) in [6.07, 6.45) is 0.284. The van der Waals surface area contributed by atoms with E-state index in [9.17, 15) is 13.2 Å². The summed E-state index contributed by atoms with van der Waals surface area (Å²) in [5.41, 5.74) is -1.51. The van der Waals surface area contributed by atoms with Crippen LogP contribution in [0, 0.1) is 11.6 Å². The highest BCUT2D eigenvalue weighted by atomic mass is 19.1. The maximum absolute atomic E-state index is 14.3. The largest absolute Gasteiger partial charge is 0.303 e. The van der Waals surface area contributed by atoms with E-state index in [1.54, 1.807) is 7.05 Å². The number of halogens is 3. The highest BCUT2D eigenvalue weighted by Crippen LogP contribution is 2.35. The van der Waals surface area contributed by atoms with E-state index in [4.69, 9.17) is 0 Å². The molecule has 1 aliphatic heterocycles. The van der Waals surface area contributed by atoms with Crippen LogP contribution in [0.5, 0.6) is 0 Å². The first-order chi connectivity index (χ1) is 6.99. The Morgan fingerprint density at radius 2 is 1.80 bits per heavy atom. The SMILES string of the molecule is CN1CCC(F)(c2cc(F)cc(F)c2)C1. The van der Waals surface area contributed by atoms with E-state index in [-0.39, 0.29) is 18.5 Å². The second-order valence-electron chi connectivity index (χ2n) is 4.11. The van der Waals surface area contributed by atoms with Crippen molar-refractivity contribution in [2.24, 2.45) is 0 Å². The molecule has 15 heavy (non-hydrogen) atoms. The highest BCUT2D eigenvalue weighted by molar-refractivity contribution is 5.26. The van der Waals surface area contributed by atoms with Gasteiger partial charge in [0.15, 0.2) is 0 Å². The Labute approximate surface area is 86.5 Å². The van der Waals surface area contributed by atoms with E-state index in [2.05, 4.69) is 0 Å². The average Bonchev–Trinajstić information content (AvgIpc) is 2.46. The van der Waals surface area contributed by atoms with Gasteiger partial charge in [-0.15, -0.1) is 0 Å². The summed E-state index contributed by atoms with van der Waals surface area (Å²) in [5, 5.41) is 0. The minimum Gasteiger partial charge on any atom is -0.303 e. The van der Waals surface area contributed by atoms with Gasteiger partial charge in [0, 0.05) is 19.2 Å². The van der Waals surface area contributed by atoms with Crippen LogP contribution in [0.2, 0.25) is 0 Å². The molecule has 0 aromatic heterocycles. The van der Waals surface area contributed by atoms with Crippen LogP contribution in [-0.4, -0.2) is 25.0 Å². The summed E-state index contributed by atoms with van der Waals surface area (Å²) in [5.74, 6) is -1.45. The van der Waals surface area contributed by atoms with E-state index in [1.807, 2.05) is 4.90 Å². The molecule has 1 nitrogen and oxygen atoms in total. The second kappa shape index (κ2) is 3.52. The first-order valence-corrected chi connectivity index (χ1v) is 4.84. The topological polar surface area (TPSA) is 3.24 Å². The molecule has 1 aromatic carbocycles. The number of nitrogens with zero attached hydrogens (tertiary/aromatic N) is 1. The van der Waals surface area contributed by atoms with E-state index in [0.717, 1.165) is 18.2 Å². The Morgan fingerprint density at radius 3 is 2.27 bits per heavy atom. The van der Waals surface area contributed by atoms with Crippen LogP contribution in [0.25, 0.3) is 0 Å². The van der Waals surface area contributed by atoms with Crippen molar-refractivity contribution in [1.29, 1.82) is 0 Å². The van der Waals surface area contributed by atoms with Crippen LogP contribution in [-0.2, 0) is 5.67 Å². The van der Waals surface area contributed by atoms with Crippen LogP contribution in [0.4, 0.5) is 13.2 Å². The molecule has 0 radical (unpaired) electrons. The first-order valence-electron chi connectivity index (χ1n) is 4.84. The standard InChI is InChI=1S/C11H12F3N/c1-15-3-2-11(14,7-15)8-4-9(12)6-10(13)5-8/h4-6H,2-3,7H2,1H3. The zero-order valence-electron chi connectivity index (χ0n) is 8.43. The van der Waals surface area contributed by atoms with Crippen molar-refractivity contribution in [2.75, 3.05) is 20.1 Å². The molecular weight excluding hydrogens is 203 g/mol. The molecule has 0 spiro atoms. The number of hydrogen-bond acceptors (Lipinski definition) is 1. The number of rotatable bonds is 1. The lowest BCUT2D eigenvalue weighted by atomic mass is 9.95. The Morgan fingerprint density at radius 1 is 1.20 bits per heavy atom. The van der Waals surface area contributed by atoms with Crippen molar-refractivity contribution in [1.82, 2.24) is 4.90 Å². The van der Waals surface area contributed by atoms with Gasteiger partial charge in [0.25, 0.3) is 0 Å². The molecule has 4 heteroatoms. The molecule has 1 heterocycles. The summed E-state index contributed by atoms with van der Waals surface area (Å²) in [6, 6.07) is 2.90. The van der Waals surface area contributed by atoms with Gasteiger partial charge in [-0.2, -0.15) is 0 Å². The number of hydrogen-bond donors (Lipinski definition) is 0. The van der Waals surface area contributed by atoms with E-state index >= 15 is 0 Å². The molecule has 0 bridgehead atoms. The van der Waals surface area contributed by atoms with Gasteiger partial charge in [-0.25, -0.2) is 13.2 Å². The second-order valence-corrected chi connectivity index (χ2v) is 4.11. The lowest BCUT2D eigenvalue weighted by Gasteiger charge is -2.19. The van der Waals surface area contributed by atoms with Gasteiger partial charge in [0.05, 0.1) is 0 Å². The summed E-state index contributed by atoms with van der Waals surface area (Å²) in [7, 11) is 1.79. The number of likely N-dealkylation sites (N-methyl/N-ethyl adjacent to an activating group) is 1. The predicted octanol–water partition coefficient (Wildman–Crippen LogP) is 2.47. The molecular formula is C11H12F3N. The fourth-order valence-corrected chi connectivity index (χ4v) is 2.00. The number of benzene rings is 1. The van der Waals surface area contributed by atoms with Crippen LogP contribution in [0.15, 0.2) is 18.2 Å². The molecule has 1 aliphatic rings. The van der Waals surface area contributed by atoms with Crippen molar-refractivity contribution < 1.29 is 13.2 Å². The molecule has 0 saturated carbocycles. The average molecular weight is 215 g/mol. The minimum atomic E-state index is -1.61. The van der Waals surface area contributed by atoms with Gasteiger partial charge in [0.2, 0.25) is 0 Å². The van der Waals surface area contributed by atoms with E-state index < -0.39 is 17.3 Å². The molecule has 0 amide bonds. The fourth-order valence-electron chi connectivity index (χ4n) is 2.00. The van der Waals surface area contributed by atoms with Gasteiger partial charge in [-0.1, -0.05) is 0 Å². The molecule has 82 valence electrons. The van der Waals surface area contributed by atoms with Crippen molar-refractivity contribution >= 4 is 0 Å². The summed E-state index contributed by atoms with van der Waals surface area (Å²) >= 11 is 0. The lowest BCUT2D eigenvalue weighted by molar-refractivity contribution is 0.173. The Hall–Kier alpha value is -1.03. The van der Waals surface area contributed by atoms with Crippen LogP contribution in [0.1, 0.15) is 12.0 Å². The van der Waals surface area contributed by atoms with Crippen molar-refractivity contribution in [3.05, 3.63) is 35.4 Å². The van der Waals surface area contributed by atoms with Gasteiger partial charge in [-0.05, 0) is 31.2 Å². The Kier molecular flexibility index (Phi) is 2.46. The van der Waals surface area contributed by atoms with Crippen LogP contribution in [0.3, 0.4) is 0 Å². The molecule has 1 atom stereocenters. The normalized spacial score (nSPS) is 27.2. The van der Waals surface area contributed by atoms with Crippen molar-refractivity contribution in [2.45, 2.75) is 12.1 Å². The zero-order valence-corrected chi connectivity index (χ0v) is 8.43. The molecule has 1 fully saturated rings. The van der Waals surface area contributed by atoms with Gasteiger partial charge in [0.1, 0.15) is 17.3 Å². The molecule has 1 aromatic rings. The summed E-state index contributed by atoms with van der Waals surface area (Å²) in [6.45, 7) is 0.796. The summed E-state index contributed by atoms with van der Waals surface area (Å²) < 4.78 is 40.1. The predicted molar refractivity (Wildman–Crippen MR) is 51.3 cm³/mol. The maximum atomic E-state index is 14.3. The number of alkyl halides is 1. The molecule has 1 saturated heterocycles. The number of likely N-dealkylation sites (tertiary alicyclic amines) is 1. The van der Waals surface area contributed by atoms with Gasteiger partial charge in [-0.3, -0.25) is 0 Å². The first kappa shape index (κ1) is 10.5. The van der Waals surface area contributed by atoms with Crippen molar-refractivity contribution in [3.63, 3.8) is 0 Å². The van der Waals surface area contributed by atoms with Crippen LogP contribution < -0.4 is 0 Å². The van der Waals surface area contributed by atoms with Gasteiger partial charge < -0.3 is 4.90 Å². The smallest absolute Gasteiger partial charge is 0.150 e. The zero-order chi connectivity index (χ0) is 11.1. The highest BCUT2D eigenvalue weighted by Gasteiger charge is 2.38. The summed E-state index contributed by atoms with van der Waals surface area (Å²) in [4.78, 5) is 1.81. The monoisotopic (exact) mass is 215 g/mol. The third-order valence-corrected chi connectivity index (χ3v) is 2.79. The van der Waals surface area contributed by atoms with E-state index in [0.29, 0.717) is 6.54 Å². The van der Waals surface area contributed by atoms with E-state index in [1.165, 1.54) is 0 Å². The lowest BCUT2D eigenvalue weighted by Crippen LogP contribution is -2.24. The molecule has 2 rings (SSSR count). The quantitative estimate of drug-likeness (QED) is 0.695. The van der Waals surface area contributed by atoms with Crippen LogP contribution >= 0.6 is 0 Å². The van der Waals surface area contributed by atoms with Gasteiger partial charge >= 0.3 is 0 Å². The third kappa shape index (κ3) is 2.00. The Bertz CT molecular complexity index is 360. The third-order valence-electron chi connectivity index (χ3n) is 2.79. The molecule has 1 unspecified atom stereocenters. The minimum absolute atomic E-state index is 0.101. The fraction of sp³-hybridized carbons (Fsp3) is 0.455. The van der Waals surface area contributed by atoms with Crippen molar-refractivity contribution in [3.8, 4) is 0 Å².